The summed E-state index contributed by atoms with van der Waals surface area (Å²) in [5, 5.41) is 8.50. The molecule has 0 unspecified atom stereocenters. The van der Waals surface area contributed by atoms with Gasteiger partial charge in [0.1, 0.15) is 0 Å². The molecule has 2 nitrogen and oxygen atoms in total. The largest absolute Gasteiger partial charge is 0.299 e. The lowest BCUT2D eigenvalue weighted by Crippen LogP contribution is -2.04. The average molecular weight is 206 g/mol. The summed E-state index contributed by atoms with van der Waals surface area (Å²) in [6.45, 7) is 3.18. The van der Waals surface area contributed by atoms with Crippen LogP contribution in [0.1, 0.15) is 16.9 Å². The van der Waals surface area contributed by atoms with Crippen molar-refractivity contribution in [1.82, 2.24) is 5.01 Å². The fourth-order valence-corrected chi connectivity index (χ4v) is 2.26. The van der Waals surface area contributed by atoms with Crippen molar-refractivity contribution in [2.24, 2.45) is 5.10 Å². The summed E-state index contributed by atoms with van der Waals surface area (Å²) in [5.74, 6) is 0. The Bertz CT molecular complexity index is 376. The van der Waals surface area contributed by atoms with Crippen LogP contribution in [0.2, 0.25) is 0 Å². The summed E-state index contributed by atoms with van der Waals surface area (Å²) in [5.41, 5.74) is 2.53. The van der Waals surface area contributed by atoms with Crippen LogP contribution >= 0.6 is 11.3 Å². The van der Waals surface area contributed by atoms with Gasteiger partial charge in [0.25, 0.3) is 0 Å². The first-order chi connectivity index (χ1) is 6.75. The number of allylic oxidation sites excluding steroid dienone is 1. The average Bonchev–Trinajstić information content (AvgIpc) is 2.72. The van der Waals surface area contributed by atoms with E-state index in [4.69, 9.17) is 0 Å². The fraction of sp³-hybridized carbons (Fsp3) is 0.364. The van der Waals surface area contributed by atoms with Crippen molar-refractivity contribution >= 4 is 23.1 Å². The molecule has 2 rings (SSSR count). The van der Waals surface area contributed by atoms with Crippen LogP contribution in [0.5, 0.6) is 0 Å². The summed E-state index contributed by atoms with van der Waals surface area (Å²) in [6, 6.07) is 2.15. The van der Waals surface area contributed by atoms with Crippen LogP contribution < -0.4 is 0 Å². The molecule has 0 N–H and O–H groups in total. The highest BCUT2D eigenvalue weighted by Crippen LogP contribution is 2.17. The standard InChI is InChI=1S/C11H14N2S/c1-9-6-8-14-11(9)4-3-10-5-7-13(2)12-10/h3-4,6,8H,5,7H2,1-2H3/b4-3+. The first-order valence-electron chi connectivity index (χ1n) is 4.76. The molecule has 1 aliphatic heterocycles. The minimum absolute atomic E-state index is 1.04. The second-order valence-corrected chi connectivity index (χ2v) is 4.47. The molecule has 1 aliphatic rings. The topological polar surface area (TPSA) is 15.6 Å². The third-order valence-corrected chi connectivity index (χ3v) is 3.30. The molecule has 2 heterocycles. The zero-order valence-electron chi connectivity index (χ0n) is 8.53. The van der Waals surface area contributed by atoms with Gasteiger partial charge >= 0.3 is 0 Å². The minimum atomic E-state index is 1.04. The van der Waals surface area contributed by atoms with Crippen LogP contribution in [0.4, 0.5) is 0 Å². The number of hydrazone groups is 1. The van der Waals surface area contributed by atoms with Crippen LogP contribution in [0.3, 0.4) is 0 Å². The molecule has 0 aromatic carbocycles. The third-order valence-electron chi connectivity index (χ3n) is 2.32. The van der Waals surface area contributed by atoms with Gasteiger partial charge in [-0.3, -0.25) is 5.01 Å². The van der Waals surface area contributed by atoms with Crippen molar-refractivity contribution in [3.8, 4) is 0 Å². The lowest BCUT2D eigenvalue weighted by atomic mass is 10.2. The number of nitrogens with zero attached hydrogens (tertiary/aromatic N) is 2. The van der Waals surface area contributed by atoms with Gasteiger partial charge < -0.3 is 0 Å². The van der Waals surface area contributed by atoms with E-state index >= 15 is 0 Å². The Balaban J connectivity index is 2.08. The second kappa shape index (κ2) is 3.96. The third kappa shape index (κ3) is 2.04. The van der Waals surface area contributed by atoms with Crippen molar-refractivity contribution in [3.05, 3.63) is 28.0 Å². The summed E-state index contributed by atoms with van der Waals surface area (Å²) < 4.78 is 0. The Morgan fingerprint density at radius 3 is 2.93 bits per heavy atom. The number of thiophene rings is 1. The van der Waals surface area contributed by atoms with Crippen molar-refractivity contribution in [2.45, 2.75) is 13.3 Å². The Labute approximate surface area is 88.6 Å². The first kappa shape index (κ1) is 9.46. The molecule has 74 valence electrons. The molecule has 0 bridgehead atoms. The molecule has 14 heavy (non-hydrogen) atoms. The van der Waals surface area contributed by atoms with E-state index in [9.17, 15) is 0 Å². The van der Waals surface area contributed by atoms with Crippen molar-refractivity contribution in [2.75, 3.05) is 13.6 Å². The predicted octanol–water partition coefficient (Wildman–Crippen LogP) is 2.76. The SMILES string of the molecule is Cc1ccsc1/C=C/C1=NN(C)CC1. The molecule has 0 saturated carbocycles. The molecule has 1 aromatic heterocycles. The van der Waals surface area contributed by atoms with Crippen LogP contribution in [-0.4, -0.2) is 24.3 Å². The van der Waals surface area contributed by atoms with Crippen molar-refractivity contribution in [3.63, 3.8) is 0 Å². The lowest BCUT2D eigenvalue weighted by Gasteiger charge is -2.00. The van der Waals surface area contributed by atoms with Crippen molar-refractivity contribution < 1.29 is 0 Å². The minimum Gasteiger partial charge on any atom is -0.299 e. The van der Waals surface area contributed by atoms with Crippen LogP contribution in [0.15, 0.2) is 22.6 Å². The van der Waals surface area contributed by atoms with Gasteiger partial charge in [-0.15, -0.1) is 11.3 Å². The molecule has 0 spiro atoms. The summed E-state index contributed by atoms with van der Waals surface area (Å²) in [4.78, 5) is 1.34. The smallest absolute Gasteiger partial charge is 0.0624 e. The zero-order chi connectivity index (χ0) is 9.97. The van der Waals surface area contributed by atoms with Gasteiger partial charge in [0.15, 0.2) is 0 Å². The second-order valence-electron chi connectivity index (χ2n) is 3.52. The first-order valence-corrected chi connectivity index (χ1v) is 5.64. The Kier molecular flexibility index (Phi) is 2.68. The maximum atomic E-state index is 4.39. The van der Waals surface area contributed by atoms with Gasteiger partial charge in [0, 0.05) is 24.9 Å². The summed E-state index contributed by atoms with van der Waals surface area (Å²) in [6.07, 6.45) is 5.36. The summed E-state index contributed by atoms with van der Waals surface area (Å²) >= 11 is 1.78. The Morgan fingerprint density at radius 1 is 1.50 bits per heavy atom. The Morgan fingerprint density at radius 2 is 2.36 bits per heavy atom. The highest BCUT2D eigenvalue weighted by atomic mass is 32.1. The Hall–Kier alpha value is -1.09. The summed E-state index contributed by atoms with van der Waals surface area (Å²) in [7, 11) is 2.01. The highest BCUT2D eigenvalue weighted by molar-refractivity contribution is 7.11. The van der Waals surface area contributed by atoms with E-state index in [2.05, 4.69) is 35.6 Å². The van der Waals surface area contributed by atoms with E-state index < -0.39 is 0 Å². The fourth-order valence-electron chi connectivity index (χ4n) is 1.44. The van der Waals surface area contributed by atoms with E-state index in [-0.39, 0.29) is 0 Å². The van der Waals surface area contributed by atoms with Crippen LogP contribution in [-0.2, 0) is 0 Å². The molecule has 0 radical (unpaired) electrons. The molecule has 1 aromatic rings. The zero-order valence-corrected chi connectivity index (χ0v) is 9.34. The molecule has 0 atom stereocenters. The van der Waals surface area contributed by atoms with E-state index in [1.54, 1.807) is 11.3 Å². The van der Waals surface area contributed by atoms with Crippen LogP contribution in [0.25, 0.3) is 6.08 Å². The van der Waals surface area contributed by atoms with Gasteiger partial charge in [-0.05, 0) is 36.1 Å². The van der Waals surface area contributed by atoms with Gasteiger partial charge in [-0.2, -0.15) is 5.10 Å². The molecular weight excluding hydrogens is 192 g/mol. The molecule has 0 aliphatic carbocycles. The van der Waals surface area contributed by atoms with E-state index in [1.165, 1.54) is 16.2 Å². The van der Waals surface area contributed by atoms with E-state index in [1.807, 2.05) is 12.1 Å². The normalized spacial score (nSPS) is 16.7. The van der Waals surface area contributed by atoms with E-state index in [0.29, 0.717) is 0 Å². The molecule has 0 amide bonds. The predicted molar refractivity (Wildman–Crippen MR) is 62.8 cm³/mol. The number of hydrogen-bond acceptors (Lipinski definition) is 3. The van der Waals surface area contributed by atoms with E-state index in [0.717, 1.165) is 13.0 Å². The molecule has 0 fully saturated rings. The molecule has 3 heteroatoms. The van der Waals surface area contributed by atoms with Gasteiger partial charge in [-0.1, -0.05) is 0 Å². The number of hydrogen-bond donors (Lipinski definition) is 0. The highest BCUT2D eigenvalue weighted by Gasteiger charge is 2.07. The number of aryl methyl sites for hydroxylation is 1. The maximum absolute atomic E-state index is 4.39. The number of rotatable bonds is 2. The quantitative estimate of drug-likeness (QED) is 0.726. The van der Waals surface area contributed by atoms with Gasteiger partial charge in [-0.25, -0.2) is 0 Å². The van der Waals surface area contributed by atoms with Gasteiger partial charge in [0.2, 0.25) is 0 Å². The van der Waals surface area contributed by atoms with Gasteiger partial charge in [0.05, 0.1) is 5.71 Å². The maximum Gasteiger partial charge on any atom is 0.0624 e. The molecular formula is C11H14N2S. The van der Waals surface area contributed by atoms with Crippen LogP contribution in [0, 0.1) is 6.92 Å². The molecule has 0 saturated heterocycles. The monoisotopic (exact) mass is 206 g/mol. The lowest BCUT2D eigenvalue weighted by molar-refractivity contribution is 0.393. The van der Waals surface area contributed by atoms with Crippen molar-refractivity contribution in [1.29, 1.82) is 0 Å².